The number of aliphatic carboxylic acids is 1. The minimum Gasteiger partial charge on any atom is -0.480 e. The van der Waals surface area contributed by atoms with Gasteiger partial charge in [0.05, 0.1) is 0 Å². The summed E-state index contributed by atoms with van der Waals surface area (Å²) < 4.78 is 0. The zero-order valence-electron chi connectivity index (χ0n) is 15.4. The molecule has 0 aliphatic heterocycles. The van der Waals surface area contributed by atoms with Crippen molar-refractivity contribution in [3.63, 3.8) is 0 Å². The summed E-state index contributed by atoms with van der Waals surface area (Å²) in [5.41, 5.74) is 3.23. The van der Waals surface area contributed by atoms with Crippen LogP contribution in [0.3, 0.4) is 0 Å². The van der Waals surface area contributed by atoms with Gasteiger partial charge in [-0.3, -0.25) is 4.79 Å². The van der Waals surface area contributed by atoms with E-state index in [-0.39, 0.29) is 17.4 Å². The molecule has 132 valence electrons. The second-order valence-corrected chi connectivity index (χ2v) is 12.9. The summed E-state index contributed by atoms with van der Waals surface area (Å²) in [6.45, 7) is 14.4. The van der Waals surface area contributed by atoms with E-state index in [1.165, 1.54) is 0 Å². The molecule has 5 nitrogen and oxygen atoms in total. The van der Waals surface area contributed by atoms with Crippen LogP contribution in [0.25, 0.3) is 0 Å². The maximum Gasteiger partial charge on any atom is 0.327 e. The fourth-order valence-corrected chi connectivity index (χ4v) is 2.50. The SMILES string of the molecule is CC(C)C[C@H](O)C(=O)N[C@H](CC#C[Si](C)(C)C(C)(C)C)C(=O)O. The Morgan fingerprint density at radius 3 is 2.13 bits per heavy atom. The summed E-state index contributed by atoms with van der Waals surface area (Å²) >= 11 is 0. The van der Waals surface area contributed by atoms with E-state index >= 15 is 0 Å². The number of carboxylic acids is 1. The lowest BCUT2D eigenvalue weighted by molar-refractivity contribution is -0.143. The summed E-state index contributed by atoms with van der Waals surface area (Å²) in [5, 5.41) is 21.4. The first-order valence-corrected chi connectivity index (χ1v) is 11.0. The van der Waals surface area contributed by atoms with Gasteiger partial charge in [-0.15, -0.1) is 11.5 Å². The number of amides is 1. The molecule has 0 spiro atoms. The summed E-state index contributed by atoms with van der Waals surface area (Å²) in [6, 6.07) is -1.10. The van der Waals surface area contributed by atoms with Crippen LogP contribution in [0.1, 0.15) is 47.5 Å². The average Bonchev–Trinajstić information content (AvgIpc) is 2.34. The lowest BCUT2D eigenvalue weighted by Gasteiger charge is -2.31. The minimum atomic E-state index is -1.81. The molecule has 0 aliphatic rings. The molecule has 0 aromatic carbocycles. The molecule has 3 N–H and O–H groups in total. The molecule has 23 heavy (non-hydrogen) atoms. The Morgan fingerprint density at radius 2 is 1.74 bits per heavy atom. The van der Waals surface area contributed by atoms with E-state index in [2.05, 4.69) is 50.6 Å². The van der Waals surface area contributed by atoms with E-state index in [0.29, 0.717) is 6.42 Å². The lowest BCUT2D eigenvalue weighted by atomic mass is 10.1. The smallest absolute Gasteiger partial charge is 0.327 e. The van der Waals surface area contributed by atoms with Crippen LogP contribution in [0.5, 0.6) is 0 Å². The number of carbonyl (C=O) groups is 2. The molecule has 0 heterocycles. The van der Waals surface area contributed by atoms with Gasteiger partial charge in [0.2, 0.25) is 5.91 Å². The van der Waals surface area contributed by atoms with Crippen molar-refractivity contribution < 1.29 is 19.8 Å². The van der Waals surface area contributed by atoms with Crippen molar-refractivity contribution in [1.29, 1.82) is 0 Å². The van der Waals surface area contributed by atoms with E-state index in [0.717, 1.165) is 0 Å². The Morgan fingerprint density at radius 1 is 1.22 bits per heavy atom. The van der Waals surface area contributed by atoms with E-state index in [9.17, 15) is 19.8 Å². The number of aliphatic hydroxyl groups excluding tert-OH is 1. The molecule has 0 aliphatic carbocycles. The zero-order chi connectivity index (χ0) is 18.4. The Kier molecular flexibility index (Phi) is 8.02. The summed E-state index contributed by atoms with van der Waals surface area (Å²) in [4.78, 5) is 23.1. The molecule has 6 heteroatoms. The van der Waals surface area contributed by atoms with Gasteiger partial charge < -0.3 is 15.5 Å². The second kappa shape index (κ2) is 8.51. The van der Waals surface area contributed by atoms with Crippen LogP contribution in [0.4, 0.5) is 0 Å². The van der Waals surface area contributed by atoms with Gasteiger partial charge in [-0.2, -0.15) is 0 Å². The molecule has 0 rings (SSSR count). The summed E-state index contributed by atoms with van der Waals surface area (Å²) in [6.07, 6.45) is -0.847. The predicted octanol–water partition coefficient (Wildman–Crippen LogP) is 2.40. The van der Waals surface area contributed by atoms with Gasteiger partial charge in [0, 0.05) is 6.42 Å². The minimum absolute atomic E-state index is 0.0436. The first-order chi connectivity index (χ1) is 10.3. The Bertz CT molecular complexity index is 483. The van der Waals surface area contributed by atoms with Crippen molar-refractivity contribution >= 4 is 20.0 Å². The Hall–Kier alpha value is -1.32. The van der Waals surface area contributed by atoms with E-state index in [1.54, 1.807) is 0 Å². The molecule has 0 saturated heterocycles. The molecule has 0 aromatic heterocycles. The molecule has 0 fully saturated rings. The number of aliphatic hydroxyl groups is 1. The van der Waals surface area contributed by atoms with Crippen molar-refractivity contribution in [2.75, 3.05) is 0 Å². The predicted molar refractivity (Wildman–Crippen MR) is 94.6 cm³/mol. The highest BCUT2D eigenvalue weighted by Crippen LogP contribution is 2.35. The zero-order valence-corrected chi connectivity index (χ0v) is 16.4. The summed E-state index contributed by atoms with van der Waals surface area (Å²) in [7, 11) is -1.81. The third kappa shape index (κ3) is 7.66. The Labute approximate surface area is 140 Å². The molecule has 0 saturated carbocycles. The van der Waals surface area contributed by atoms with Crippen LogP contribution >= 0.6 is 0 Å². The van der Waals surface area contributed by atoms with Crippen LogP contribution in [-0.2, 0) is 9.59 Å². The van der Waals surface area contributed by atoms with Crippen molar-refractivity contribution in [3.8, 4) is 11.5 Å². The standard InChI is InChI=1S/C17H31NO4Si/c1-12(2)11-14(19)15(20)18-13(16(21)22)9-8-10-23(6,7)17(3,4)5/h12-14,19H,9,11H2,1-7H3,(H,18,20)(H,21,22)/t13-,14+/m1/s1. The van der Waals surface area contributed by atoms with Crippen molar-refractivity contribution in [2.45, 2.75) is 77.7 Å². The van der Waals surface area contributed by atoms with Crippen molar-refractivity contribution in [1.82, 2.24) is 5.32 Å². The highest BCUT2D eigenvalue weighted by atomic mass is 28.3. The summed E-state index contributed by atoms with van der Waals surface area (Å²) in [5.74, 6) is 1.29. The molecule has 0 aromatic rings. The van der Waals surface area contributed by atoms with Crippen LogP contribution in [0, 0.1) is 17.4 Å². The first kappa shape index (κ1) is 21.7. The molecule has 0 bridgehead atoms. The van der Waals surface area contributed by atoms with Gasteiger partial charge in [0.25, 0.3) is 0 Å². The normalized spacial score (nSPS) is 14.7. The number of carbonyl (C=O) groups excluding carboxylic acids is 1. The van der Waals surface area contributed by atoms with Crippen molar-refractivity contribution in [3.05, 3.63) is 0 Å². The van der Waals surface area contributed by atoms with Crippen LogP contribution < -0.4 is 5.32 Å². The van der Waals surface area contributed by atoms with E-state index in [1.807, 2.05) is 13.8 Å². The van der Waals surface area contributed by atoms with Gasteiger partial charge >= 0.3 is 5.97 Å². The Balaban J connectivity index is 4.87. The first-order valence-electron chi connectivity index (χ1n) is 7.99. The van der Waals surface area contributed by atoms with Gasteiger partial charge in [0.1, 0.15) is 20.2 Å². The fraction of sp³-hybridized carbons (Fsp3) is 0.765. The topological polar surface area (TPSA) is 86.6 Å². The maximum absolute atomic E-state index is 11.8. The van der Waals surface area contributed by atoms with Crippen molar-refractivity contribution in [2.24, 2.45) is 5.92 Å². The number of nitrogens with one attached hydrogen (secondary N) is 1. The number of hydrogen-bond acceptors (Lipinski definition) is 3. The number of carboxylic acid groups (broad SMARTS) is 1. The monoisotopic (exact) mass is 341 g/mol. The lowest BCUT2D eigenvalue weighted by Crippen LogP contribution is -2.45. The number of rotatable bonds is 6. The van der Waals surface area contributed by atoms with Gasteiger partial charge in [-0.1, -0.05) is 47.7 Å². The largest absolute Gasteiger partial charge is 0.480 e. The quantitative estimate of drug-likeness (QED) is 0.511. The third-order valence-corrected chi connectivity index (χ3v) is 8.75. The van der Waals surface area contributed by atoms with E-state index in [4.69, 9.17) is 0 Å². The molecule has 0 radical (unpaired) electrons. The molecular weight excluding hydrogens is 310 g/mol. The fourth-order valence-electron chi connectivity index (χ4n) is 1.58. The third-order valence-electron chi connectivity index (χ3n) is 4.19. The van der Waals surface area contributed by atoms with Crippen LogP contribution in [0.2, 0.25) is 18.1 Å². The van der Waals surface area contributed by atoms with Gasteiger partial charge in [0.15, 0.2) is 0 Å². The number of hydrogen-bond donors (Lipinski definition) is 3. The van der Waals surface area contributed by atoms with Crippen LogP contribution in [0.15, 0.2) is 0 Å². The maximum atomic E-state index is 11.8. The van der Waals surface area contributed by atoms with E-state index < -0.39 is 32.1 Å². The molecular formula is C17H31NO4Si. The second-order valence-electron chi connectivity index (χ2n) is 7.93. The van der Waals surface area contributed by atoms with Gasteiger partial charge in [-0.25, -0.2) is 4.79 Å². The average molecular weight is 342 g/mol. The molecule has 0 unspecified atom stereocenters. The van der Waals surface area contributed by atoms with Crippen LogP contribution in [-0.4, -0.2) is 42.3 Å². The molecule has 1 amide bonds. The highest BCUT2D eigenvalue weighted by Gasteiger charge is 2.33. The van der Waals surface area contributed by atoms with Gasteiger partial charge in [-0.05, 0) is 17.4 Å². The molecule has 2 atom stereocenters. The highest BCUT2D eigenvalue weighted by molar-refractivity contribution is 6.87.